The molecule has 0 saturated carbocycles. The van der Waals surface area contributed by atoms with Crippen molar-refractivity contribution >= 4 is 17.8 Å². The van der Waals surface area contributed by atoms with Crippen LogP contribution in [0.15, 0.2) is 72.9 Å². The molecule has 6 nitrogen and oxygen atoms in total. The normalized spacial score (nSPS) is 19.7. The molecule has 1 N–H and O–H groups in total. The number of benzene rings is 2. The summed E-state index contributed by atoms with van der Waals surface area (Å²) in [5.41, 5.74) is 4.47. The van der Waals surface area contributed by atoms with Gasteiger partial charge in [-0.05, 0) is 36.0 Å². The number of nitrogens with one attached hydrogen (secondary N) is 1. The number of carbonyl (C=O) groups excluding carboxylic acids is 2. The highest BCUT2D eigenvalue weighted by Crippen LogP contribution is 2.31. The van der Waals surface area contributed by atoms with Crippen molar-refractivity contribution in [1.82, 2.24) is 14.5 Å². The lowest BCUT2D eigenvalue weighted by atomic mass is 9.81. The lowest BCUT2D eigenvalue weighted by Crippen LogP contribution is -2.45. The van der Waals surface area contributed by atoms with Crippen LogP contribution in [0, 0.1) is 11.8 Å². The van der Waals surface area contributed by atoms with Crippen LogP contribution in [-0.2, 0) is 29.6 Å². The molecule has 33 heavy (non-hydrogen) atoms. The average Bonchev–Trinajstić information content (AvgIpc) is 3.23. The number of carbonyl (C=O) groups is 2. The Bertz CT molecular complexity index is 1200. The Labute approximate surface area is 193 Å². The maximum Gasteiger partial charge on any atom is 0.230 e. The monoisotopic (exact) mass is 440 g/mol. The smallest absolute Gasteiger partial charge is 0.230 e. The highest BCUT2D eigenvalue weighted by molar-refractivity contribution is 5.95. The number of anilines is 1. The van der Waals surface area contributed by atoms with Crippen molar-refractivity contribution in [3.63, 3.8) is 0 Å². The predicted octanol–water partition coefficient (Wildman–Crippen LogP) is 4.19. The fourth-order valence-corrected chi connectivity index (χ4v) is 4.90. The molecule has 2 unspecified atom stereocenters. The first kappa shape index (κ1) is 21.2. The summed E-state index contributed by atoms with van der Waals surface area (Å²) in [6.07, 6.45) is 7.80. The summed E-state index contributed by atoms with van der Waals surface area (Å²) in [5.74, 6) is -0.348. The Morgan fingerprint density at radius 1 is 0.939 bits per heavy atom. The summed E-state index contributed by atoms with van der Waals surface area (Å²) in [6.45, 7) is 1.31. The largest absolute Gasteiger partial charge is 0.338 e. The molecular weight excluding hydrogens is 412 g/mol. The lowest BCUT2D eigenvalue weighted by molar-refractivity contribution is -0.141. The molecular formula is C27H28N4O2. The highest BCUT2D eigenvalue weighted by atomic mass is 16.2. The molecule has 3 aromatic rings. The number of allylic oxidation sites excluding steroid dienone is 2. The minimum absolute atomic E-state index is 0.0683. The molecule has 168 valence electrons. The Morgan fingerprint density at radius 3 is 2.42 bits per heavy atom. The fraction of sp³-hybridized carbons (Fsp3) is 0.296. The topological polar surface area (TPSA) is 67.2 Å². The first-order valence-electron chi connectivity index (χ1n) is 11.5. The van der Waals surface area contributed by atoms with E-state index in [-0.39, 0.29) is 17.7 Å². The number of fused-ring (bicyclic) bond motifs is 1. The number of imidazole rings is 1. The van der Waals surface area contributed by atoms with E-state index in [2.05, 4.69) is 22.4 Å². The van der Waals surface area contributed by atoms with E-state index in [0.717, 1.165) is 17.7 Å². The molecule has 2 aromatic carbocycles. The fourth-order valence-electron chi connectivity index (χ4n) is 4.90. The number of hydrogen-bond acceptors (Lipinski definition) is 3. The summed E-state index contributed by atoms with van der Waals surface area (Å²) < 4.78 is 1.88. The van der Waals surface area contributed by atoms with Crippen LogP contribution < -0.4 is 5.32 Å². The molecule has 2 aliphatic rings. The van der Waals surface area contributed by atoms with Crippen LogP contribution in [-0.4, -0.2) is 32.8 Å². The van der Waals surface area contributed by atoms with Crippen molar-refractivity contribution in [1.29, 1.82) is 0 Å². The number of hydrogen-bond donors (Lipinski definition) is 1. The average molecular weight is 441 g/mol. The number of aromatic nitrogens is 2. The predicted molar refractivity (Wildman–Crippen MR) is 128 cm³/mol. The molecule has 0 spiro atoms. The van der Waals surface area contributed by atoms with Crippen LogP contribution in [0.5, 0.6) is 0 Å². The molecule has 2 heterocycles. The number of amides is 2. The van der Waals surface area contributed by atoms with E-state index in [1.807, 2.05) is 71.1 Å². The Balaban J connectivity index is 1.31. The van der Waals surface area contributed by atoms with Gasteiger partial charge >= 0.3 is 0 Å². The molecule has 6 heteroatoms. The molecule has 1 aromatic heterocycles. The molecule has 2 atom stereocenters. The second-order valence-electron chi connectivity index (χ2n) is 8.82. The van der Waals surface area contributed by atoms with E-state index in [1.54, 1.807) is 6.20 Å². The summed E-state index contributed by atoms with van der Waals surface area (Å²) in [5, 5.41) is 2.98. The number of nitrogens with zero attached hydrogens (tertiary/aromatic N) is 3. The van der Waals surface area contributed by atoms with E-state index >= 15 is 0 Å². The van der Waals surface area contributed by atoms with Crippen LogP contribution in [0.4, 0.5) is 5.95 Å². The van der Waals surface area contributed by atoms with Gasteiger partial charge in [-0.3, -0.25) is 14.9 Å². The van der Waals surface area contributed by atoms with Crippen LogP contribution >= 0.6 is 0 Å². The van der Waals surface area contributed by atoms with Gasteiger partial charge in [-0.15, -0.1) is 0 Å². The second-order valence-corrected chi connectivity index (χ2v) is 8.82. The van der Waals surface area contributed by atoms with E-state index in [9.17, 15) is 9.59 Å². The lowest BCUT2D eigenvalue weighted by Gasteiger charge is -2.35. The minimum Gasteiger partial charge on any atom is -0.338 e. The summed E-state index contributed by atoms with van der Waals surface area (Å²) in [4.78, 5) is 33.1. The van der Waals surface area contributed by atoms with Crippen molar-refractivity contribution in [2.75, 3.05) is 11.9 Å². The van der Waals surface area contributed by atoms with Gasteiger partial charge in [0.25, 0.3) is 0 Å². The van der Waals surface area contributed by atoms with Gasteiger partial charge in [0, 0.05) is 20.1 Å². The van der Waals surface area contributed by atoms with Crippen molar-refractivity contribution in [2.24, 2.45) is 18.9 Å². The van der Waals surface area contributed by atoms with E-state index in [0.29, 0.717) is 31.9 Å². The zero-order valence-electron chi connectivity index (χ0n) is 18.8. The van der Waals surface area contributed by atoms with Gasteiger partial charge < -0.3 is 9.47 Å². The molecule has 1 aliphatic heterocycles. The first-order chi connectivity index (χ1) is 16.1. The third-order valence-electron chi connectivity index (χ3n) is 6.82. The van der Waals surface area contributed by atoms with Gasteiger partial charge in [0.05, 0.1) is 23.7 Å². The van der Waals surface area contributed by atoms with Gasteiger partial charge in [-0.2, -0.15) is 0 Å². The second kappa shape index (κ2) is 9.06. The summed E-state index contributed by atoms with van der Waals surface area (Å²) in [7, 11) is 1.89. The van der Waals surface area contributed by atoms with Gasteiger partial charge in [-0.25, -0.2) is 4.98 Å². The third-order valence-corrected chi connectivity index (χ3v) is 6.82. The summed E-state index contributed by atoms with van der Waals surface area (Å²) in [6, 6.07) is 18.2. The zero-order chi connectivity index (χ0) is 22.8. The van der Waals surface area contributed by atoms with Crippen LogP contribution in [0.1, 0.15) is 24.0 Å². The SMILES string of the molecule is Cn1c(-c2ccccc2)cnc1NC(=O)C1CC=CCC1C(=O)N1CCc2ccccc2C1. The zero-order valence-corrected chi connectivity index (χ0v) is 18.8. The summed E-state index contributed by atoms with van der Waals surface area (Å²) >= 11 is 0. The van der Waals surface area contributed by atoms with Crippen molar-refractivity contribution < 1.29 is 9.59 Å². The molecule has 1 aliphatic carbocycles. The molecule has 0 fully saturated rings. The van der Waals surface area contributed by atoms with Crippen LogP contribution in [0.2, 0.25) is 0 Å². The Hall–Kier alpha value is -3.67. The van der Waals surface area contributed by atoms with E-state index in [4.69, 9.17) is 0 Å². The molecule has 0 radical (unpaired) electrons. The molecule has 0 bridgehead atoms. The standard InChI is InChI=1S/C27H28N4O2/c1-30-24(20-10-3-2-4-11-20)17-28-27(30)29-25(32)22-13-7-8-14-23(22)26(33)31-16-15-19-9-5-6-12-21(19)18-31/h2-12,17,22-23H,13-16,18H2,1H3,(H,28,29,32). The Morgan fingerprint density at radius 2 is 1.64 bits per heavy atom. The van der Waals surface area contributed by atoms with Crippen molar-refractivity contribution in [3.05, 3.63) is 84.1 Å². The number of rotatable bonds is 4. The highest BCUT2D eigenvalue weighted by Gasteiger charge is 2.37. The minimum atomic E-state index is -0.406. The van der Waals surface area contributed by atoms with Crippen LogP contribution in [0.3, 0.4) is 0 Å². The first-order valence-corrected chi connectivity index (χ1v) is 11.5. The third kappa shape index (κ3) is 4.21. The maximum atomic E-state index is 13.5. The van der Waals surface area contributed by atoms with Gasteiger partial charge in [0.2, 0.25) is 17.8 Å². The van der Waals surface area contributed by atoms with E-state index < -0.39 is 5.92 Å². The van der Waals surface area contributed by atoms with Gasteiger partial charge in [-0.1, -0.05) is 66.7 Å². The Kier molecular flexibility index (Phi) is 5.82. The molecule has 0 saturated heterocycles. The van der Waals surface area contributed by atoms with E-state index in [1.165, 1.54) is 11.1 Å². The molecule has 2 amide bonds. The van der Waals surface area contributed by atoms with Crippen LogP contribution in [0.25, 0.3) is 11.3 Å². The quantitative estimate of drug-likeness (QED) is 0.619. The van der Waals surface area contributed by atoms with Gasteiger partial charge in [0.15, 0.2) is 0 Å². The van der Waals surface area contributed by atoms with Gasteiger partial charge in [0.1, 0.15) is 0 Å². The van der Waals surface area contributed by atoms with Crippen molar-refractivity contribution in [3.8, 4) is 11.3 Å². The van der Waals surface area contributed by atoms with Crippen molar-refractivity contribution in [2.45, 2.75) is 25.8 Å². The maximum absolute atomic E-state index is 13.5. The molecule has 5 rings (SSSR count).